The molecule has 4 nitrogen and oxygen atoms in total. The molecule has 2 aromatic carbocycles. The summed E-state index contributed by atoms with van der Waals surface area (Å²) in [5, 5.41) is 6.95. The first kappa shape index (κ1) is 14.9. The standard InChI is InChI=1S/C17H17ClN2O2/c1-11-17(21)20-15-8-13(5-6-16(15)22-11)10-19-9-12-3-2-4-14(18)7-12/h2-8,11,19H,9-10H2,1H3,(H,20,21). The molecule has 5 heteroatoms. The molecule has 2 N–H and O–H groups in total. The van der Waals surface area contributed by atoms with Gasteiger partial charge in [0.05, 0.1) is 5.69 Å². The molecule has 114 valence electrons. The molecule has 1 aliphatic heterocycles. The molecular weight excluding hydrogens is 300 g/mol. The molecule has 0 fully saturated rings. The third-order valence-corrected chi connectivity index (χ3v) is 3.76. The van der Waals surface area contributed by atoms with Crippen LogP contribution in [-0.2, 0) is 17.9 Å². The lowest BCUT2D eigenvalue weighted by Gasteiger charge is -2.23. The van der Waals surface area contributed by atoms with E-state index in [2.05, 4.69) is 10.6 Å². The van der Waals surface area contributed by atoms with Crippen LogP contribution in [0, 0.1) is 0 Å². The smallest absolute Gasteiger partial charge is 0.265 e. The summed E-state index contributed by atoms with van der Waals surface area (Å²) in [5.74, 6) is 0.599. The predicted octanol–water partition coefficient (Wildman–Crippen LogP) is 3.35. The second kappa shape index (κ2) is 6.38. The van der Waals surface area contributed by atoms with Gasteiger partial charge < -0.3 is 15.4 Å². The van der Waals surface area contributed by atoms with Gasteiger partial charge in [-0.1, -0.05) is 29.8 Å². The van der Waals surface area contributed by atoms with Crippen molar-refractivity contribution >= 4 is 23.2 Å². The summed E-state index contributed by atoms with van der Waals surface area (Å²) < 4.78 is 5.54. The lowest BCUT2D eigenvalue weighted by Crippen LogP contribution is -2.34. The van der Waals surface area contributed by atoms with Crippen molar-refractivity contribution in [3.8, 4) is 5.75 Å². The number of amides is 1. The number of nitrogens with one attached hydrogen (secondary N) is 2. The van der Waals surface area contributed by atoms with Crippen LogP contribution in [-0.4, -0.2) is 12.0 Å². The number of carbonyl (C=O) groups is 1. The Labute approximate surface area is 134 Å². The summed E-state index contributed by atoms with van der Waals surface area (Å²) in [7, 11) is 0. The van der Waals surface area contributed by atoms with Crippen molar-refractivity contribution in [1.82, 2.24) is 5.32 Å². The topological polar surface area (TPSA) is 50.4 Å². The van der Waals surface area contributed by atoms with Crippen LogP contribution in [0.5, 0.6) is 5.75 Å². The second-order valence-electron chi connectivity index (χ2n) is 5.31. The molecule has 0 saturated heterocycles. The minimum absolute atomic E-state index is 0.114. The fraction of sp³-hybridized carbons (Fsp3) is 0.235. The van der Waals surface area contributed by atoms with Crippen LogP contribution in [0.25, 0.3) is 0 Å². The minimum Gasteiger partial charge on any atom is -0.479 e. The summed E-state index contributed by atoms with van der Waals surface area (Å²) in [4.78, 5) is 11.6. The number of halogens is 1. The second-order valence-corrected chi connectivity index (χ2v) is 5.75. The van der Waals surface area contributed by atoms with Gasteiger partial charge in [0, 0.05) is 18.1 Å². The summed E-state index contributed by atoms with van der Waals surface area (Å²) in [5.41, 5.74) is 2.94. The van der Waals surface area contributed by atoms with Crippen molar-refractivity contribution in [2.24, 2.45) is 0 Å². The Bertz CT molecular complexity index is 703. The number of rotatable bonds is 4. The number of fused-ring (bicyclic) bond motifs is 1. The van der Waals surface area contributed by atoms with Crippen molar-refractivity contribution < 1.29 is 9.53 Å². The maximum Gasteiger partial charge on any atom is 0.265 e. The van der Waals surface area contributed by atoms with Gasteiger partial charge in [0.1, 0.15) is 5.75 Å². The Hall–Kier alpha value is -2.04. The molecule has 0 saturated carbocycles. The predicted molar refractivity (Wildman–Crippen MR) is 87.2 cm³/mol. The Morgan fingerprint density at radius 3 is 2.73 bits per heavy atom. The zero-order chi connectivity index (χ0) is 15.5. The van der Waals surface area contributed by atoms with E-state index in [1.54, 1.807) is 6.92 Å². The van der Waals surface area contributed by atoms with E-state index in [-0.39, 0.29) is 5.91 Å². The van der Waals surface area contributed by atoms with Gasteiger partial charge in [-0.05, 0) is 42.3 Å². The molecule has 0 aliphatic carbocycles. The van der Waals surface area contributed by atoms with Crippen LogP contribution >= 0.6 is 11.6 Å². The first-order valence-corrected chi connectivity index (χ1v) is 7.55. The molecule has 0 spiro atoms. The van der Waals surface area contributed by atoms with E-state index in [4.69, 9.17) is 16.3 Å². The Kier molecular flexibility index (Phi) is 4.32. The van der Waals surface area contributed by atoms with Crippen molar-refractivity contribution in [3.63, 3.8) is 0 Å². The highest BCUT2D eigenvalue weighted by Crippen LogP contribution is 2.30. The van der Waals surface area contributed by atoms with E-state index in [0.29, 0.717) is 12.3 Å². The number of carbonyl (C=O) groups excluding carboxylic acids is 1. The van der Waals surface area contributed by atoms with E-state index < -0.39 is 6.10 Å². The lowest BCUT2D eigenvalue weighted by molar-refractivity contribution is -0.122. The third kappa shape index (κ3) is 3.40. The van der Waals surface area contributed by atoms with Gasteiger partial charge in [0.25, 0.3) is 5.91 Å². The average Bonchev–Trinajstić information content (AvgIpc) is 2.49. The monoisotopic (exact) mass is 316 g/mol. The minimum atomic E-state index is -0.445. The van der Waals surface area contributed by atoms with E-state index in [9.17, 15) is 4.79 Å². The van der Waals surface area contributed by atoms with Crippen LogP contribution in [0.2, 0.25) is 5.02 Å². The molecule has 1 amide bonds. The highest BCUT2D eigenvalue weighted by atomic mass is 35.5. The third-order valence-electron chi connectivity index (χ3n) is 3.52. The molecule has 22 heavy (non-hydrogen) atoms. The molecule has 0 radical (unpaired) electrons. The van der Waals surface area contributed by atoms with Crippen LogP contribution < -0.4 is 15.4 Å². The van der Waals surface area contributed by atoms with Crippen molar-refractivity contribution in [1.29, 1.82) is 0 Å². The van der Waals surface area contributed by atoms with Crippen molar-refractivity contribution in [3.05, 3.63) is 58.6 Å². The number of hydrogen-bond acceptors (Lipinski definition) is 3. The zero-order valence-electron chi connectivity index (χ0n) is 12.2. The van der Waals surface area contributed by atoms with Crippen LogP contribution in [0.3, 0.4) is 0 Å². The van der Waals surface area contributed by atoms with Crippen LogP contribution in [0.1, 0.15) is 18.1 Å². The summed E-state index contributed by atoms with van der Waals surface area (Å²) in [6.45, 7) is 3.17. The largest absolute Gasteiger partial charge is 0.479 e. The molecule has 1 unspecified atom stereocenters. The Morgan fingerprint density at radius 1 is 1.18 bits per heavy atom. The summed E-state index contributed by atoms with van der Waals surface area (Å²) >= 11 is 5.96. The lowest BCUT2D eigenvalue weighted by atomic mass is 10.1. The van der Waals surface area contributed by atoms with Gasteiger partial charge in [-0.3, -0.25) is 4.79 Å². The Balaban J connectivity index is 1.62. The number of ether oxygens (including phenoxy) is 1. The number of anilines is 1. The molecule has 0 aromatic heterocycles. The van der Waals surface area contributed by atoms with Gasteiger partial charge >= 0.3 is 0 Å². The normalized spacial score (nSPS) is 16.6. The first-order valence-electron chi connectivity index (χ1n) is 7.17. The quantitative estimate of drug-likeness (QED) is 0.909. The first-order chi connectivity index (χ1) is 10.6. The van der Waals surface area contributed by atoms with Gasteiger partial charge in [0.2, 0.25) is 0 Å². The van der Waals surface area contributed by atoms with Gasteiger partial charge in [-0.25, -0.2) is 0 Å². The van der Waals surface area contributed by atoms with Crippen molar-refractivity contribution in [2.75, 3.05) is 5.32 Å². The summed E-state index contributed by atoms with van der Waals surface area (Å²) in [6, 6.07) is 13.6. The van der Waals surface area contributed by atoms with Crippen LogP contribution in [0.15, 0.2) is 42.5 Å². The molecule has 1 atom stereocenters. The maximum absolute atomic E-state index is 11.6. The van der Waals surface area contributed by atoms with E-state index in [1.807, 2.05) is 42.5 Å². The Morgan fingerprint density at radius 2 is 1.95 bits per heavy atom. The molecular formula is C17H17ClN2O2. The number of hydrogen-bond donors (Lipinski definition) is 2. The molecule has 3 rings (SSSR count). The van der Waals surface area contributed by atoms with Gasteiger partial charge in [-0.15, -0.1) is 0 Å². The van der Waals surface area contributed by atoms with Crippen LogP contribution in [0.4, 0.5) is 5.69 Å². The van der Waals surface area contributed by atoms with Crippen molar-refractivity contribution in [2.45, 2.75) is 26.1 Å². The number of benzene rings is 2. The van der Waals surface area contributed by atoms with Gasteiger partial charge in [0.15, 0.2) is 6.10 Å². The fourth-order valence-electron chi connectivity index (χ4n) is 2.36. The SMILES string of the molecule is CC1Oc2ccc(CNCc3cccc(Cl)c3)cc2NC1=O. The maximum atomic E-state index is 11.6. The van der Waals surface area contributed by atoms with E-state index >= 15 is 0 Å². The molecule has 2 aromatic rings. The molecule has 0 bridgehead atoms. The van der Waals surface area contributed by atoms with E-state index in [1.165, 1.54) is 0 Å². The summed E-state index contributed by atoms with van der Waals surface area (Å²) in [6.07, 6.45) is -0.445. The fourth-order valence-corrected chi connectivity index (χ4v) is 2.58. The average molecular weight is 317 g/mol. The zero-order valence-corrected chi connectivity index (χ0v) is 13.0. The molecule has 1 heterocycles. The van der Waals surface area contributed by atoms with E-state index in [0.717, 1.165) is 28.4 Å². The molecule has 1 aliphatic rings. The highest BCUT2D eigenvalue weighted by molar-refractivity contribution is 6.30. The van der Waals surface area contributed by atoms with Gasteiger partial charge in [-0.2, -0.15) is 0 Å². The highest BCUT2D eigenvalue weighted by Gasteiger charge is 2.23.